The van der Waals surface area contributed by atoms with Crippen LogP contribution in [-0.2, 0) is 19.0 Å². The van der Waals surface area contributed by atoms with Gasteiger partial charge in [0.1, 0.15) is 5.60 Å². The Labute approximate surface area is 119 Å². The zero-order valence-corrected chi connectivity index (χ0v) is 11.4. The number of fused-ring (bicyclic) bond motifs is 3. The lowest BCUT2D eigenvalue weighted by atomic mass is 9.82. The molecular weight excluding hydrogens is 290 g/mol. The van der Waals surface area contributed by atoms with E-state index in [1.54, 1.807) is 0 Å². The first-order valence-corrected chi connectivity index (χ1v) is 6.78. The second-order valence-corrected chi connectivity index (χ2v) is 5.37. The third-order valence-electron chi connectivity index (χ3n) is 4.22. The monoisotopic (exact) mass is 303 g/mol. The molecule has 20 heavy (non-hydrogen) atoms. The highest BCUT2D eigenvalue weighted by Crippen LogP contribution is 2.61. The number of nitrogens with one attached hydrogen (secondary N) is 1. The van der Waals surface area contributed by atoms with Gasteiger partial charge in [-0.2, -0.15) is 0 Å². The van der Waals surface area contributed by atoms with Gasteiger partial charge in [-0.25, -0.2) is 9.59 Å². The van der Waals surface area contributed by atoms with Crippen molar-refractivity contribution in [3.05, 3.63) is 11.8 Å². The molecule has 0 aromatic rings. The molecule has 3 aliphatic rings. The molecule has 1 saturated carbocycles. The molecule has 0 aromatic heterocycles. The van der Waals surface area contributed by atoms with Crippen molar-refractivity contribution in [1.29, 1.82) is 0 Å². The molecule has 2 heterocycles. The van der Waals surface area contributed by atoms with E-state index in [-0.39, 0.29) is 23.5 Å². The lowest BCUT2D eigenvalue weighted by Gasteiger charge is -2.35. The number of epoxide rings is 1. The lowest BCUT2D eigenvalue weighted by molar-refractivity contribution is -0.148. The SMILES string of the molecule is CNC(=O)OC1OC=C(C(=O)O)C2CC3OC3(CCl)C12. The number of amides is 1. The molecule has 0 radical (unpaired) electrons. The number of hydrogen-bond acceptors (Lipinski definition) is 5. The van der Waals surface area contributed by atoms with Gasteiger partial charge in [-0.05, 0) is 6.42 Å². The number of carbonyl (C=O) groups is 2. The van der Waals surface area contributed by atoms with Gasteiger partial charge >= 0.3 is 12.1 Å². The normalized spacial score (nSPS) is 40.8. The maximum atomic E-state index is 11.4. The van der Waals surface area contributed by atoms with Crippen molar-refractivity contribution in [3.63, 3.8) is 0 Å². The number of ether oxygens (including phenoxy) is 3. The lowest BCUT2D eigenvalue weighted by Crippen LogP contribution is -2.46. The molecule has 3 rings (SSSR count). The van der Waals surface area contributed by atoms with Crippen LogP contribution in [0.25, 0.3) is 0 Å². The number of alkyl carbamates (subject to hydrolysis) is 1. The second kappa shape index (κ2) is 4.53. The molecule has 5 unspecified atom stereocenters. The Morgan fingerprint density at radius 1 is 1.65 bits per heavy atom. The molecule has 7 nitrogen and oxygen atoms in total. The predicted molar refractivity (Wildman–Crippen MR) is 66.1 cm³/mol. The quantitative estimate of drug-likeness (QED) is 0.588. The molecular formula is C12H14ClNO6. The Morgan fingerprint density at radius 3 is 3.00 bits per heavy atom. The average molecular weight is 304 g/mol. The highest BCUT2D eigenvalue weighted by Gasteiger charge is 2.73. The molecule has 1 saturated heterocycles. The van der Waals surface area contributed by atoms with Crippen LogP contribution in [0, 0.1) is 11.8 Å². The minimum absolute atomic E-state index is 0.102. The van der Waals surface area contributed by atoms with E-state index >= 15 is 0 Å². The van der Waals surface area contributed by atoms with Crippen LogP contribution in [0.4, 0.5) is 4.79 Å². The molecule has 0 bridgehead atoms. The summed E-state index contributed by atoms with van der Waals surface area (Å²) in [5, 5.41) is 11.5. The number of hydrogen-bond donors (Lipinski definition) is 2. The second-order valence-electron chi connectivity index (χ2n) is 5.10. The van der Waals surface area contributed by atoms with E-state index in [9.17, 15) is 14.7 Å². The molecule has 0 aromatic carbocycles. The maximum absolute atomic E-state index is 11.4. The standard InChI is InChI=1S/C12H14ClNO6/c1-14-11(17)19-10-8-5(6(3-18-10)9(15)16)2-7-12(8,4-13)20-7/h3,5,7-8,10H,2,4H2,1H3,(H,14,17)(H,15,16). The Balaban J connectivity index is 1.89. The number of carboxylic acid groups (broad SMARTS) is 1. The van der Waals surface area contributed by atoms with Crippen LogP contribution in [-0.4, -0.2) is 48.1 Å². The summed E-state index contributed by atoms with van der Waals surface area (Å²) in [5.74, 6) is -1.51. The van der Waals surface area contributed by atoms with Gasteiger partial charge in [0, 0.05) is 13.0 Å². The van der Waals surface area contributed by atoms with Crippen molar-refractivity contribution in [2.75, 3.05) is 12.9 Å². The van der Waals surface area contributed by atoms with Crippen molar-refractivity contribution in [1.82, 2.24) is 5.32 Å². The Bertz CT molecular complexity index is 490. The molecule has 1 amide bonds. The summed E-state index contributed by atoms with van der Waals surface area (Å²) in [6.45, 7) is 0. The summed E-state index contributed by atoms with van der Waals surface area (Å²) in [4.78, 5) is 22.6. The van der Waals surface area contributed by atoms with Crippen LogP contribution in [0.1, 0.15) is 6.42 Å². The molecule has 1 aliphatic carbocycles. The van der Waals surface area contributed by atoms with Crippen LogP contribution in [0.2, 0.25) is 0 Å². The zero-order chi connectivity index (χ0) is 14.5. The van der Waals surface area contributed by atoms with Crippen LogP contribution >= 0.6 is 11.6 Å². The average Bonchev–Trinajstić information content (AvgIpc) is 3.04. The summed E-state index contributed by atoms with van der Waals surface area (Å²) in [7, 11) is 1.43. The summed E-state index contributed by atoms with van der Waals surface area (Å²) in [6, 6.07) is 0. The maximum Gasteiger partial charge on any atom is 0.409 e. The van der Waals surface area contributed by atoms with E-state index in [1.165, 1.54) is 7.05 Å². The molecule has 110 valence electrons. The smallest absolute Gasteiger partial charge is 0.409 e. The van der Waals surface area contributed by atoms with Crippen LogP contribution in [0.3, 0.4) is 0 Å². The Hall–Kier alpha value is -1.47. The molecule has 5 atom stereocenters. The van der Waals surface area contributed by atoms with E-state index < -0.39 is 29.9 Å². The van der Waals surface area contributed by atoms with E-state index in [2.05, 4.69) is 5.32 Å². The molecule has 0 spiro atoms. The Kier molecular flexibility index (Phi) is 3.06. The van der Waals surface area contributed by atoms with Gasteiger partial charge in [-0.15, -0.1) is 11.6 Å². The number of alkyl halides is 1. The van der Waals surface area contributed by atoms with Crippen molar-refractivity contribution in [3.8, 4) is 0 Å². The topological polar surface area (TPSA) is 97.4 Å². The van der Waals surface area contributed by atoms with Crippen molar-refractivity contribution >= 4 is 23.7 Å². The van der Waals surface area contributed by atoms with Gasteiger partial charge in [-0.3, -0.25) is 0 Å². The number of aliphatic carboxylic acids is 1. The number of halogens is 1. The fourth-order valence-electron chi connectivity index (χ4n) is 3.22. The van der Waals surface area contributed by atoms with Gasteiger partial charge < -0.3 is 24.6 Å². The van der Waals surface area contributed by atoms with Gasteiger partial charge in [0.2, 0.25) is 0 Å². The van der Waals surface area contributed by atoms with Crippen molar-refractivity contribution in [2.45, 2.75) is 24.4 Å². The molecule has 2 aliphatic heterocycles. The summed E-state index contributed by atoms with van der Waals surface area (Å²) in [5.41, 5.74) is -0.480. The van der Waals surface area contributed by atoms with Crippen molar-refractivity contribution in [2.24, 2.45) is 11.8 Å². The fraction of sp³-hybridized carbons (Fsp3) is 0.667. The highest BCUT2D eigenvalue weighted by atomic mass is 35.5. The van der Waals surface area contributed by atoms with Crippen LogP contribution in [0.15, 0.2) is 11.8 Å². The molecule has 2 N–H and O–H groups in total. The first-order chi connectivity index (χ1) is 9.53. The first kappa shape index (κ1) is 13.5. The van der Waals surface area contributed by atoms with E-state index in [0.717, 1.165) is 6.26 Å². The minimum Gasteiger partial charge on any atom is -0.478 e. The molecule has 2 fully saturated rings. The predicted octanol–water partition coefficient (Wildman–Crippen LogP) is 0.680. The summed E-state index contributed by atoms with van der Waals surface area (Å²) >= 11 is 5.97. The summed E-state index contributed by atoms with van der Waals surface area (Å²) < 4.78 is 16.0. The van der Waals surface area contributed by atoms with E-state index in [1.807, 2.05) is 0 Å². The first-order valence-electron chi connectivity index (χ1n) is 6.24. The third-order valence-corrected chi connectivity index (χ3v) is 4.64. The van der Waals surface area contributed by atoms with Gasteiger partial charge in [0.15, 0.2) is 0 Å². The van der Waals surface area contributed by atoms with Gasteiger partial charge in [0.25, 0.3) is 6.29 Å². The largest absolute Gasteiger partial charge is 0.478 e. The Morgan fingerprint density at radius 2 is 2.40 bits per heavy atom. The van der Waals surface area contributed by atoms with E-state index in [0.29, 0.717) is 6.42 Å². The third kappa shape index (κ3) is 1.76. The number of rotatable bonds is 3. The number of carboxylic acids is 1. The van der Waals surface area contributed by atoms with Crippen LogP contribution in [0.5, 0.6) is 0 Å². The summed E-state index contributed by atoms with van der Waals surface area (Å²) in [6.07, 6.45) is 0.0651. The fourth-order valence-corrected chi connectivity index (χ4v) is 3.64. The van der Waals surface area contributed by atoms with E-state index in [4.69, 9.17) is 25.8 Å². The number of carbonyl (C=O) groups excluding carboxylic acids is 1. The van der Waals surface area contributed by atoms with Crippen LogP contribution < -0.4 is 5.32 Å². The molecule has 8 heteroatoms. The van der Waals surface area contributed by atoms with Gasteiger partial charge in [-0.1, -0.05) is 0 Å². The van der Waals surface area contributed by atoms with Gasteiger partial charge in [0.05, 0.1) is 29.7 Å². The minimum atomic E-state index is -1.04. The van der Waals surface area contributed by atoms with Crippen molar-refractivity contribution < 1.29 is 28.9 Å². The zero-order valence-electron chi connectivity index (χ0n) is 10.7. The highest BCUT2D eigenvalue weighted by molar-refractivity contribution is 6.19.